The Bertz CT molecular complexity index is 216. The lowest BCUT2D eigenvalue weighted by Crippen LogP contribution is -3.00. The molecule has 0 N–H and O–H groups in total. The van der Waals surface area contributed by atoms with Crippen molar-refractivity contribution in [3.8, 4) is 24.7 Å². The third-order valence-corrected chi connectivity index (χ3v) is 2.01. The molecule has 0 aromatic carbocycles. The summed E-state index contributed by atoms with van der Waals surface area (Å²) in [7, 11) is 0. The first kappa shape index (κ1) is 11.3. The van der Waals surface area contributed by atoms with Crippen LogP contribution in [0.3, 0.4) is 0 Å². The van der Waals surface area contributed by atoms with Crippen LogP contribution in [0.5, 0.6) is 0 Å². The highest BCUT2D eigenvalue weighted by Gasteiger charge is 2.25. The van der Waals surface area contributed by atoms with Gasteiger partial charge in [-0.2, -0.15) is 0 Å². The van der Waals surface area contributed by atoms with Crippen LogP contribution >= 0.6 is 0 Å². The molecule has 0 atom stereocenters. The van der Waals surface area contributed by atoms with Gasteiger partial charge in [0.05, 0.1) is 13.1 Å². The summed E-state index contributed by atoms with van der Waals surface area (Å²) in [6, 6.07) is 0. The molecule has 0 bridgehead atoms. The van der Waals surface area contributed by atoms with Crippen molar-refractivity contribution >= 4 is 0 Å². The first-order valence-corrected chi connectivity index (χ1v) is 3.70. The van der Waals surface area contributed by atoms with E-state index >= 15 is 0 Å². The standard InChI is InChI=1S/C10H12N.BrH/c1-3-7-11(8-4-2)9-5-6-10-11;/h1-2,5-6H,7-10H2;1H/q+1;/p-1. The third kappa shape index (κ3) is 2.41. The highest BCUT2D eigenvalue weighted by Crippen LogP contribution is 2.11. The molecule has 0 saturated carbocycles. The Kier molecular flexibility index (Phi) is 4.74. The van der Waals surface area contributed by atoms with Crippen LogP contribution in [0.15, 0.2) is 12.2 Å². The van der Waals surface area contributed by atoms with Gasteiger partial charge in [0.15, 0.2) is 0 Å². The number of terminal acetylenes is 2. The van der Waals surface area contributed by atoms with Gasteiger partial charge in [-0.15, -0.1) is 12.8 Å². The van der Waals surface area contributed by atoms with Crippen molar-refractivity contribution in [2.24, 2.45) is 0 Å². The van der Waals surface area contributed by atoms with Crippen LogP contribution in [0.25, 0.3) is 0 Å². The predicted octanol–water partition coefficient (Wildman–Crippen LogP) is -2.36. The molecule has 1 aliphatic heterocycles. The van der Waals surface area contributed by atoms with Gasteiger partial charge in [-0.3, -0.25) is 4.48 Å². The summed E-state index contributed by atoms with van der Waals surface area (Å²) in [4.78, 5) is 0. The molecule has 0 saturated heterocycles. The monoisotopic (exact) mass is 225 g/mol. The van der Waals surface area contributed by atoms with Gasteiger partial charge in [0.2, 0.25) is 0 Å². The number of rotatable bonds is 2. The van der Waals surface area contributed by atoms with Crippen molar-refractivity contribution in [2.75, 3.05) is 26.2 Å². The molecule has 0 spiro atoms. The summed E-state index contributed by atoms with van der Waals surface area (Å²) in [6.45, 7) is 3.48. The molecule has 0 radical (unpaired) electrons. The normalized spacial score (nSPS) is 17.5. The van der Waals surface area contributed by atoms with Crippen molar-refractivity contribution < 1.29 is 21.5 Å². The maximum absolute atomic E-state index is 5.26. The van der Waals surface area contributed by atoms with Gasteiger partial charge in [-0.25, -0.2) is 0 Å². The number of halogens is 1. The largest absolute Gasteiger partial charge is 1.00 e. The number of nitrogens with zero attached hydrogens (tertiary/aromatic N) is 1. The van der Waals surface area contributed by atoms with Crippen LogP contribution in [-0.4, -0.2) is 30.7 Å². The summed E-state index contributed by atoms with van der Waals surface area (Å²) < 4.78 is 0.854. The number of quaternary nitrogens is 1. The molecule has 1 nitrogen and oxygen atoms in total. The van der Waals surface area contributed by atoms with Gasteiger partial charge in [0.1, 0.15) is 13.1 Å². The zero-order valence-electron chi connectivity index (χ0n) is 6.96. The van der Waals surface area contributed by atoms with Gasteiger partial charge in [-0.1, -0.05) is 0 Å². The SMILES string of the molecule is C#CC[N+]1(CC#C)CC=CC1.[Br-]. The zero-order chi connectivity index (χ0) is 8.16. The maximum atomic E-state index is 5.26. The predicted molar refractivity (Wildman–Crippen MR) is 46.5 cm³/mol. The van der Waals surface area contributed by atoms with E-state index in [2.05, 4.69) is 24.0 Å². The van der Waals surface area contributed by atoms with Gasteiger partial charge in [0.25, 0.3) is 0 Å². The molecule has 1 rings (SSSR count). The minimum Gasteiger partial charge on any atom is -1.00 e. The van der Waals surface area contributed by atoms with E-state index in [0.717, 1.165) is 30.7 Å². The fraction of sp³-hybridized carbons (Fsp3) is 0.400. The van der Waals surface area contributed by atoms with E-state index in [4.69, 9.17) is 12.8 Å². The minimum atomic E-state index is 0. The Morgan fingerprint density at radius 2 is 1.50 bits per heavy atom. The molecule has 0 aromatic rings. The van der Waals surface area contributed by atoms with E-state index in [1.165, 1.54) is 0 Å². The van der Waals surface area contributed by atoms with Crippen LogP contribution in [0.1, 0.15) is 0 Å². The van der Waals surface area contributed by atoms with Crippen molar-refractivity contribution in [1.29, 1.82) is 0 Å². The summed E-state index contributed by atoms with van der Waals surface area (Å²) >= 11 is 0. The fourth-order valence-corrected chi connectivity index (χ4v) is 1.37. The van der Waals surface area contributed by atoms with Crippen molar-refractivity contribution in [3.63, 3.8) is 0 Å². The third-order valence-electron chi connectivity index (χ3n) is 2.01. The second-order valence-electron chi connectivity index (χ2n) is 2.90. The molecule has 0 unspecified atom stereocenters. The molecule has 0 fully saturated rings. The molecule has 64 valence electrons. The van der Waals surface area contributed by atoms with Gasteiger partial charge in [-0.05, 0) is 24.0 Å². The Morgan fingerprint density at radius 3 is 1.83 bits per heavy atom. The van der Waals surface area contributed by atoms with Crippen LogP contribution in [0.2, 0.25) is 0 Å². The Hall–Kier alpha value is -0.700. The zero-order valence-corrected chi connectivity index (χ0v) is 8.55. The van der Waals surface area contributed by atoms with Crippen LogP contribution in [0.4, 0.5) is 0 Å². The van der Waals surface area contributed by atoms with Gasteiger partial charge >= 0.3 is 0 Å². The van der Waals surface area contributed by atoms with Gasteiger partial charge < -0.3 is 17.0 Å². The van der Waals surface area contributed by atoms with Crippen molar-refractivity contribution in [1.82, 2.24) is 0 Å². The average Bonchev–Trinajstić information content (AvgIpc) is 2.39. The Balaban J connectivity index is 0.00000121. The number of hydrogen-bond donors (Lipinski definition) is 0. The lowest BCUT2D eigenvalue weighted by molar-refractivity contribution is -0.899. The quantitative estimate of drug-likeness (QED) is 0.281. The molecule has 12 heavy (non-hydrogen) atoms. The van der Waals surface area contributed by atoms with E-state index in [9.17, 15) is 0 Å². The Labute approximate surface area is 84.8 Å². The molecule has 1 heterocycles. The molecule has 2 heteroatoms. The fourth-order valence-electron chi connectivity index (χ4n) is 1.37. The molecular weight excluding hydrogens is 214 g/mol. The molecular formula is C10H12BrN. The lowest BCUT2D eigenvalue weighted by Gasteiger charge is -2.29. The van der Waals surface area contributed by atoms with Crippen LogP contribution < -0.4 is 17.0 Å². The van der Waals surface area contributed by atoms with Crippen molar-refractivity contribution in [3.05, 3.63) is 12.2 Å². The summed E-state index contributed by atoms with van der Waals surface area (Å²) in [5, 5.41) is 0. The van der Waals surface area contributed by atoms with Crippen molar-refractivity contribution in [2.45, 2.75) is 0 Å². The summed E-state index contributed by atoms with van der Waals surface area (Å²) in [6.07, 6.45) is 14.8. The van der Waals surface area contributed by atoms with E-state index < -0.39 is 0 Å². The van der Waals surface area contributed by atoms with E-state index in [-0.39, 0.29) is 17.0 Å². The van der Waals surface area contributed by atoms with E-state index in [1.807, 2.05) is 0 Å². The minimum absolute atomic E-state index is 0. The summed E-state index contributed by atoms with van der Waals surface area (Å²) in [5.41, 5.74) is 0. The maximum Gasteiger partial charge on any atom is 0.141 e. The summed E-state index contributed by atoms with van der Waals surface area (Å²) in [5.74, 6) is 5.34. The van der Waals surface area contributed by atoms with E-state index in [0.29, 0.717) is 0 Å². The lowest BCUT2D eigenvalue weighted by atomic mass is 10.4. The number of hydrogen-bond acceptors (Lipinski definition) is 0. The first-order valence-electron chi connectivity index (χ1n) is 3.70. The molecule has 0 aromatic heterocycles. The second-order valence-corrected chi connectivity index (χ2v) is 2.90. The van der Waals surface area contributed by atoms with E-state index in [1.54, 1.807) is 0 Å². The molecule has 1 aliphatic rings. The molecule has 0 aliphatic carbocycles. The second kappa shape index (κ2) is 5.04. The van der Waals surface area contributed by atoms with Gasteiger partial charge in [0, 0.05) is 0 Å². The molecule has 0 amide bonds. The first-order chi connectivity index (χ1) is 5.33. The topological polar surface area (TPSA) is 0 Å². The smallest absolute Gasteiger partial charge is 0.141 e. The highest BCUT2D eigenvalue weighted by atomic mass is 79.9. The average molecular weight is 226 g/mol. The van der Waals surface area contributed by atoms with Crippen LogP contribution in [0, 0.1) is 24.7 Å². The highest BCUT2D eigenvalue weighted by molar-refractivity contribution is 4.96. The van der Waals surface area contributed by atoms with Crippen LogP contribution in [-0.2, 0) is 0 Å². The Morgan fingerprint density at radius 1 is 1.08 bits per heavy atom.